The Morgan fingerprint density at radius 1 is 1.43 bits per heavy atom. The van der Waals surface area contributed by atoms with E-state index in [1.807, 2.05) is 35.0 Å². The molecule has 1 fully saturated rings. The fraction of sp³-hybridized carbons (Fsp3) is 0.588. The van der Waals surface area contributed by atoms with E-state index in [-0.39, 0.29) is 5.91 Å². The summed E-state index contributed by atoms with van der Waals surface area (Å²) in [6, 6.07) is 1.97. The van der Waals surface area contributed by atoms with Gasteiger partial charge in [0.15, 0.2) is 0 Å². The van der Waals surface area contributed by atoms with Crippen molar-refractivity contribution in [2.45, 2.75) is 46.1 Å². The summed E-state index contributed by atoms with van der Waals surface area (Å²) in [5.74, 6) is 0.767. The molecule has 1 amide bonds. The highest BCUT2D eigenvalue weighted by Crippen LogP contribution is 2.21. The molecule has 0 bridgehead atoms. The maximum absolute atomic E-state index is 12.5. The van der Waals surface area contributed by atoms with Crippen molar-refractivity contribution < 1.29 is 4.79 Å². The summed E-state index contributed by atoms with van der Waals surface area (Å²) in [5, 5.41) is 11.5. The molecule has 1 saturated heterocycles. The van der Waals surface area contributed by atoms with Gasteiger partial charge in [0.25, 0.3) is 0 Å². The highest BCUT2D eigenvalue weighted by molar-refractivity contribution is 5.76. The molecular formula is C17H25N5O. The minimum absolute atomic E-state index is 0.240. The van der Waals surface area contributed by atoms with E-state index >= 15 is 0 Å². The number of aromatic nitrogens is 4. The number of hydrogen-bond donors (Lipinski definition) is 1. The zero-order valence-corrected chi connectivity index (χ0v) is 14.0. The number of likely N-dealkylation sites (tertiary alicyclic amines) is 1. The van der Waals surface area contributed by atoms with Crippen LogP contribution in [0.3, 0.4) is 0 Å². The van der Waals surface area contributed by atoms with Crippen LogP contribution in [0.1, 0.15) is 36.2 Å². The number of aryl methyl sites for hydroxylation is 3. The topological polar surface area (TPSA) is 66.8 Å². The van der Waals surface area contributed by atoms with Crippen LogP contribution in [0.5, 0.6) is 0 Å². The number of carbonyl (C=O) groups is 1. The van der Waals surface area contributed by atoms with Crippen LogP contribution in [-0.2, 0) is 17.8 Å². The van der Waals surface area contributed by atoms with Crippen LogP contribution in [0, 0.1) is 19.8 Å². The maximum Gasteiger partial charge on any atom is 0.224 e. The molecule has 0 saturated carbocycles. The average Bonchev–Trinajstić information content (AvgIpc) is 3.14. The molecule has 2 aromatic heterocycles. The highest BCUT2D eigenvalue weighted by atomic mass is 16.2. The van der Waals surface area contributed by atoms with Crippen LogP contribution in [0.4, 0.5) is 0 Å². The van der Waals surface area contributed by atoms with E-state index in [0.29, 0.717) is 18.9 Å². The van der Waals surface area contributed by atoms with Crippen LogP contribution < -0.4 is 0 Å². The molecule has 3 heterocycles. The molecule has 0 radical (unpaired) electrons. The third kappa shape index (κ3) is 4.00. The Bertz CT molecular complexity index is 659. The Hall–Kier alpha value is -2.11. The van der Waals surface area contributed by atoms with Gasteiger partial charge in [0.05, 0.1) is 11.9 Å². The lowest BCUT2D eigenvalue weighted by Crippen LogP contribution is -2.40. The maximum atomic E-state index is 12.5. The Kier molecular flexibility index (Phi) is 4.79. The van der Waals surface area contributed by atoms with E-state index in [4.69, 9.17) is 0 Å². The third-order valence-electron chi connectivity index (χ3n) is 4.63. The van der Waals surface area contributed by atoms with Crippen molar-refractivity contribution in [2.75, 3.05) is 13.1 Å². The summed E-state index contributed by atoms with van der Waals surface area (Å²) in [5.41, 5.74) is 3.41. The molecule has 6 heteroatoms. The predicted octanol–water partition coefficient (Wildman–Crippen LogP) is 2.09. The first-order chi connectivity index (χ1) is 11.1. The van der Waals surface area contributed by atoms with Gasteiger partial charge in [0, 0.05) is 37.9 Å². The number of nitrogens with zero attached hydrogens (tertiary/aromatic N) is 4. The van der Waals surface area contributed by atoms with Gasteiger partial charge in [-0.25, -0.2) is 0 Å². The Labute approximate surface area is 136 Å². The van der Waals surface area contributed by atoms with Crippen molar-refractivity contribution in [3.63, 3.8) is 0 Å². The van der Waals surface area contributed by atoms with E-state index in [0.717, 1.165) is 31.6 Å². The fourth-order valence-corrected chi connectivity index (χ4v) is 3.28. The summed E-state index contributed by atoms with van der Waals surface area (Å²) < 4.78 is 1.85. The first kappa shape index (κ1) is 15.8. The third-order valence-corrected chi connectivity index (χ3v) is 4.63. The van der Waals surface area contributed by atoms with Crippen molar-refractivity contribution in [1.29, 1.82) is 0 Å². The van der Waals surface area contributed by atoms with Crippen LogP contribution >= 0.6 is 0 Å². The summed E-state index contributed by atoms with van der Waals surface area (Å²) in [6.07, 6.45) is 7.58. The average molecular weight is 315 g/mol. The van der Waals surface area contributed by atoms with Crippen molar-refractivity contribution >= 4 is 5.91 Å². The molecule has 1 unspecified atom stereocenters. The quantitative estimate of drug-likeness (QED) is 0.919. The van der Waals surface area contributed by atoms with Gasteiger partial charge in [-0.05, 0) is 50.7 Å². The predicted molar refractivity (Wildman–Crippen MR) is 87.9 cm³/mol. The van der Waals surface area contributed by atoms with Gasteiger partial charge >= 0.3 is 0 Å². The minimum atomic E-state index is 0.240. The zero-order valence-electron chi connectivity index (χ0n) is 14.0. The molecule has 6 nitrogen and oxygen atoms in total. The molecule has 1 N–H and O–H groups in total. The van der Waals surface area contributed by atoms with E-state index < -0.39 is 0 Å². The van der Waals surface area contributed by atoms with E-state index in [2.05, 4.69) is 22.2 Å². The van der Waals surface area contributed by atoms with Crippen molar-refractivity contribution in [3.05, 3.63) is 35.4 Å². The summed E-state index contributed by atoms with van der Waals surface area (Å²) >= 11 is 0. The molecule has 124 valence electrons. The molecule has 1 atom stereocenters. The molecule has 1 aliphatic heterocycles. The summed E-state index contributed by atoms with van der Waals surface area (Å²) in [4.78, 5) is 14.5. The lowest BCUT2D eigenvalue weighted by atomic mass is 9.92. The largest absolute Gasteiger partial charge is 0.342 e. The Morgan fingerprint density at radius 2 is 2.30 bits per heavy atom. The number of H-pyrrole nitrogens is 1. The molecule has 0 aromatic carbocycles. The molecule has 1 aliphatic rings. The lowest BCUT2D eigenvalue weighted by molar-refractivity contribution is -0.133. The molecule has 2 aromatic rings. The first-order valence-electron chi connectivity index (χ1n) is 8.38. The van der Waals surface area contributed by atoms with E-state index in [1.54, 1.807) is 0 Å². The number of hydrogen-bond acceptors (Lipinski definition) is 3. The van der Waals surface area contributed by atoms with E-state index in [1.165, 1.54) is 17.7 Å². The highest BCUT2D eigenvalue weighted by Gasteiger charge is 2.24. The van der Waals surface area contributed by atoms with Crippen molar-refractivity contribution in [3.8, 4) is 0 Å². The van der Waals surface area contributed by atoms with Gasteiger partial charge in [-0.1, -0.05) is 0 Å². The minimum Gasteiger partial charge on any atom is -0.342 e. The van der Waals surface area contributed by atoms with Crippen LogP contribution in [-0.4, -0.2) is 43.9 Å². The van der Waals surface area contributed by atoms with Crippen molar-refractivity contribution in [2.24, 2.45) is 5.92 Å². The second kappa shape index (κ2) is 6.98. The number of rotatable bonds is 5. The number of amides is 1. The zero-order chi connectivity index (χ0) is 16.2. The Balaban J connectivity index is 1.51. The molecular weight excluding hydrogens is 290 g/mol. The van der Waals surface area contributed by atoms with Crippen LogP contribution in [0.25, 0.3) is 0 Å². The van der Waals surface area contributed by atoms with Gasteiger partial charge in [0.1, 0.15) is 0 Å². The second-order valence-electron chi connectivity index (χ2n) is 6.55. The van der Waals surface area contributed by atoms with Crippen molar-refractivity contribution in [1.82, 2.24) is 24.9 Å². The molecule has 23 heavy (non-hydrogen) atoms. The van der Waals surface area contributed by atoms with Gasteiger partial charge in [-0.2, -0.15) is 10.2 Å². The van der Waals surface area contributed by atoms with Gasteiger partial charge < -0.3 is 4.90 Å². The summed E-state index contributed by atoms with van der Waals surface area (Å²) in [6.45, 7) is 6.44. The second-order valence-corrected chi connectivity index (χ2v) is 6.55. The van der Waals surface area contributed by atoms with Gasteiger partial charge in [-0.3, -0.25) is 14.6 Å². The smallest absolute Gasteiger partial charge is 0.224 e. The van der Waals surface area contributed by atoms with Gasteiger partial charge in [0.2, 0.25) is 5.91 Å². The normalized spacial score (nSPS) is 18.3. The van der Waals surface area contributed by atoms with Crippen LogP contribution in [0.2, 0.25) is 0 Å². The molecule has 0 aliphatic carbocycles. The Morgan fingerprint density at radius 3 is 3.00 bits per heavy atom. The number of carbonyl (C=O) groups excluding carboxylic acids is 1. The number of nitrogens with one attached hydrogen (secondary N) is 1. The van der Waals surface area contributed by atoms with E-state index in [9.17, 15) is 4.79 Å². The molecule has 0 spiro atoms. The fourth-order valence-electron chi connectivity index (χ4n) is 3.28. The lowest BCUT2D eigenvalue weighted by Gasteiger charge is -2.33. The number of aromatic amines is 1. The standard InChI is InChI=1S/C17H25N5O/c1-13-11-18-19-16(13)10-15-4-3-7-21(12-15)17(23)6-9-22-8-5-14(2)20-22/h5,8,11,15H,3-4,6-7,9-10,12H2,1-2H3,(H,18,19). The van der Waals surface area contributed by atoms with Gasteiger partial charge in [-0.15, -0.1) is 0 Å². The van der Waals surface area contributed by atoms with Crippen LogP contribution in [0.15, 0.2) is 18.5 Å². The number of piperidine rings is 1. The molecule has 3 rings (SSSR count). The summed E-state index contributed by atoms with van der Waals surface area (Å²) in [7, 11) is 0. The SMILES string of the molecule is Cc1ccn(CCC(=O)N2CCCC(Cc3[nH]ncc3C)C2)n1. The first-order valence-corrected chi connectivity index (χ1v) is 8.38. The monoisotopic (exact) mass is 315 g/mol.